The molecule has 0 aliphatic carbocycles. The van der Waals surface area contributed by atoms with Gasteiger partial charge in [-0.1, -0.05) is 37.6 Å². The summed E-state index contributed by atoms with van der Waals surface area (Å²) in [6.45, 7) is 4.54. The van der Waals surface area contributed by atoms with Gasteiger partial charge in [0.25, 0.3) is 0 Å². The van der Waals surface area contributed by atoms with Crippen molar-refractivity contribution in [2.75, 3.05) is 5.75 Å². The Morgan fingerprint density at radius 3 is 2.94 bits per heavy atom. The van der Waals surface area contributed by atoms with Gasteiger partial charge in [0.1, 0.15) is 0 Å². The molecule has 0 amide bonds. The standard InChI is InChI=1S/C15H23NS/c1-3-6-12-7-4-8-13(11-12)14(16)15(2)9-5-10-17-15/h4,7-8,11,14H,3,5-6,9-10,16H2,1-2H3. The predicted octanol–water partition coefficient (Wildman–Crippen LogP) is 3.92. The Kier molecular flexibility index (Phi) is 4.16. The summed E-state index contributed by atoms with van der Waals surface area (Å²) in [5.74, 6) is 1.26. The van der Waals surface area contributed by atoms with Crippen molar-refractivity contribution in [2.45, 2.75) is 50.3 Å². The lowest BCUT2D eigenvalue weighted by Gasteiger charge is -2.30. The quantitative estimate of drug-likeness (QED) is 0.875. The number of hydrogen-bond donors (Lipinski definition) is 1. The van der Waals surface area contributed by atoms with E-state index in [0.29, 0.717) is 0 Å². The smallest absolute Gasteiger partial charge is 0.0441 e. The number of aryl methyl sites for hydroxylation is 1. The van der Waals surface area contributed by atoms with Crippen molar-refractivity contribution < 1.29 is 0 Å². The van der Waals surface area contributed by atoms with Crippen LogP contribution >= 0.6 is 11.8 Å². The van der Waals surface area contributed by atoms with Gasteiger partial charge in [-0.25, -0.2) is 0 Å². The molecule has 0 saturated carbocycles. The van der Waals surface area contributed by atoms with E-state index in [-0.39, 0.29) is 10.8 Å². The minimum absolute atomic E-state index is 0.173. The third-order valence-electron chi connectivity index (χ3n) is 3.76. The molecule has 2 N–H and O–H groups in total. The summed E-state index contributed by atoms with van der Waals surface area (Å²) < 4.78 is 0.241. The van der Waals surface area contributed by atoms with Gasteiger partial charge in [0.15, 0.2) is 0 Å². The van der Waals surface area contributed by atoms with Crippen molar-refractivity contribution in [1.29, 1.82) is 0 Å². The van der Waals surface area contributed by atoms with Crippen LogP contribution in [0.5, 0.6) is 0 Å². The van der Waals surface area contributed by atoms with E-state index in [4.69, 9.17) is 5.73 Å². The van der Waals surface area contributed by atoms with Crippen molar-refractivity contribution in [2.24, 2.45) is 5.73 Å². The molecular formula is C15H23NS. The summed E-state index contributed by atoms with van der Waals surface area (Å²) in [6.07, 6.45) is 4.91. The van der Waals surface area contributed by atoms with Crippen LogP contribution in [-0.4, -0.2) is 10.5 Å². The van der Waals surface area contributed by atoms with Gasteiger partial charge in [0.05, 0.1) is 0 Å². The first-order valence-electron chi connectivity index (χ1n) is 6.64. The van der Waals surface area contributed by atoms with Crippen LogP contribution in [0.2, 0.25) is 0 Å². The van der Waals surface area contributed by atoms with E-state index in [9.17, 15) is 0 Å². The van der Waals surface area contributed by atoms with Crippen molar-refractivity contribution in [3.05, 3.63) is 35.4 Å². The van der Waals surface area contributed by atoms with Gasteiger partial charge in [0.2, 0.25) is 0 Å². The topological polar surface area (TPSA) is 26.0 Å². The zero-order chi connectivity index (χ0) is 12.3. The first kappa shape index (κ1) is 13.0. The minimum atomic E-state index is 0.173. The first-order valence-corrected chi connectivity index (χ1v) is 7.62. The third-order valence-corrected chi connectivity index (χ3v) is 5.37. The SMILES string of the molecule is CCCc1cccc(C(N)C2(C)CCCS2)c1. The monoisotopic (exact) mass is 249 g/mol. The van der Waals surface area contributed by atoms with Gasteiger partial charge >= 0.3 is 0 Å². The maximum absolute atomic E-state index is 6.48. The number of benzene rings is 1. The minimum Gasteiger partial charge on any atom is -0.323 e. The van der Waals surface area contributed by atoms with Crippen LogP contribution in [0.3, 0.4) is 0 Å². The predicted molar refractivity (Wildman–Crippen MR) is 77.5 cm³/mol. The summed E-state index contributed by atoms with van der Waals surface area (Å²) >= 11 is 2.04. The molecule has 1 fully saturated rings. The Hall–Kier alpha value is -0.470. The molecule has 1 nitrogen and oxygen atoms in total. The molecular weight excluding hydrogens is 226 g/mol. The molecule has 0 radical (unpaired) electrons. The normalized spacial score (nSPS) is 26.1. The van der Waals surface area contributed by atoms with Crippen LogP contribution in [0.1, 0.15) is 50.3 Å². The summed E-state index contributed by atoms with van der Waals surface area (Å²) in [7, 11) is 0. The molecule has 1 aliphatic rings. The van der Waals surface area contributed by atoms with E-state index in [1.165, 1.54) is 36.1 Å². The van der Waals surface area contributed by atoms with E-state index in [2.05, 4.69) is 38.1 Å². The van der Waals surface area contributed by atoms with E-state index in [1.807, 2.05) is 11.8 Å². The van der Waals surface area contributed by atoms with Gasteiger partial charge in [-0.2, -0.15) is 11.8 Å². The Bertz CT molecular complexity index is 369. The average molecular weight is 249 g/mol. The van der Waals surface area contributed by atoms with Crippen LogP contribution in [0, 0.1) is 0 Å². The second kappa shape index (κ2) is 5.45. The molecule has 2 rings (SSSR count). The van der Waals surface area contributed by atoms with E-state index >= 15 is 0 Å². The van der Waals surface area contributed by atoms with Gasteiger partial charge < -0.3 is 5.73 Å². The third kappa shape index (κ3) is 2.86. The highest BCUT2D eigenvalue weighted by Gasteiger charge is 2.36. The average Bonchev–Trinajstić information content (AvgIpc) is 2.77. The molecule has 2 heteroatoms. The highest BCUT2D eigenvalue weighted by Crippen LogP contribution is 2.45. The van der Waals surface area contributed by atoms with Gasteiger partial charge in [-0.05, 0) is 43.1 Å². The fourth-order valence-corrected chi connectivity index (χ4v) is 3.99. The number of thioether (sulfide) groups is 1. The maximum atomic E-state index is 6.48. The lowest BCUT2D eigenvalue weighted by molar-refractivity contribution is 0.501. The van der Waals surface area contributed by atoms with Crippen molar-refractivity contribution in [3.8, 4) is 0 Å². The first-order chi connectivity index (χ1) is 8.15. The summed E-state index contributed by atoms with van der Waals surface area (Å²) in [5, 5.41) is 0. The Balaban J connectivity index is 2.18. The lowest BCUT2D eigenvalue weighted by Crippen LogP contribution is -2.33. The number of rotatable bonds is 4. The zero-order valence-corrected chi connectivity index (χ0v) is 11.7. The van der Waals surface area contributed by atoms with Gasteiger partial charge in [0, 0.05) is 10.8 Å². The highest BCUT2D eigenvalue weighted by atomic mass is 32.2. The second-order valence-corrected chi connectivity index (χ2v) is 6.87. The Morgan fingerprint density at radius 1 is 1.47 bits per heavy atom. The molecule has 1 saturated heterocycles. The van der Waals surface area contributed by atoms with Crippen LogP contribution in [0.25, 0.3) is 0 Å². The van der Waals surface area contributed by atoms with E-state index in [1.54, 1.807) is 0 Å². The number of nitrogens with two attached hydrogens (primary N) is 1. The van der Waals surface area contributed by atoms with Crippen molar-refractivity contribution in [1.82, 2.24) is 0 Å². The Labute approximate surface area is 109 Å². The zero-order valence-electron chi connectivity index (χ0n) is 10.9. The summed E-state index contributed by atoms with van der Waals surface area (Å²) in [6, 6.07) is 9.03. The van der Waals surface area contributed by atoms with E-state index in [0.717, 1.165) is 6.42 Å². The molecule has 17 heavy (non-hydrogen) atoms. The van der Waals surface area contributed by atoms with E-state index < -0.39 is 0 Å². The van der Waals surface area contributed by atoms with Crippen LogP contribution in [-0.2, 0) is 6.42 Å². The molecule has 1 aromatic rings. The molecule has 2 unspecified atom stereocenters. The number of hydrogen-bond acceptors (Lipinski definition) is 2. The fraction of sp³-hybridized carbons (Fsp3) is 0.600. The molecule has 0 aromatic heterocycles. The molecule has 1 heterocycles. The molecule has 2 atom stereocenters. The van der Waals surface area contributed by atoms with Crippen LogP contribution in [0.15, 0.2) is 24.3 Å². The van der Waals surface area contributed by atoms with Crippen LogP contribution in [0.4, 0.5) is 0 Å². The Morgan fingerprint density at radius 2 is 2.29 bits per heavy atom. The second-order valence-electron chi connectivity index (χ2n) is 5.24. The fourth-order valence-electron chi connectivity index (χ4n) is 2.63. The molecule has 94 valence electrons. The van der Waals surface area contributed by atoms with Crippen LogP contribution < -0.4 is 5.73 Å². The summed E-state index contributed by atoms with van der Waals surface area (Å²) in [5.41, 5.74) is 9.21. The largest absolute Gasteiger partial charge is 0.323 e. The van der Waals surface area contributed by atoms with Crippen molar-refractivity contribution in [3.63, 3.8) is 0 Å². The maximum Gasteiger partial charge on any atom is 0.0441 e. The summed E-state index contributed by atoms with van der Waals surface area (Å²) in [4.78, 5) is 0. The van der Waals surface area contributed by atoms with Gasteiger partial charge in [-0.3, -0.25) is 0 Å². The molecule has 1 aliphatic heterocycles. The lowest BCUT2D eigenvalue weighted by atomic mass is 9.90. The van der Waals surface area contributed by atoms with Gasteiger partial charge in [-0.15, -0.1) is 0 Å². The highest BCUT2D eigenvalue weighted by molar-refractivity contribution is 8.00. The molecule has 1 aromatic carbocycles. The molecule has 0 spiro atoms. The van der Waals surface area contributed by atoms with Crippen molar-refractivity contribution >= 4 is 11.8 Å². The molecule has 0 bridgehead atoms.